The van der Waals surface area contributed by atoms with Gasteiger partial charge < -0.3 is 5.32 Å². The molecule has 1 heterocycles. The minimum Gasteiger partial charge on any atom is -0.325 e. The van der Waals surface area contributed by atoms with Crippen molar-refractivity contribution < 1.29 is 13.2 Å². The Kier molecular flexibility index (Phi) is 6.18. The third-order valence-corrected chi connectivity index (χ3v) is 5.51. The zero-order valence-corrected chi connectivity index (χ0v) is 14.7. The van der Waals surface area contributed by atoms with Gasteiger partial charge in [0.05, 0.1) is 6.26 Å². The second kappa shape index (κ2) is 7.93. The maximum absolute atomic E-state index is 12.5. The molecule has 0 bridgehead atoms. The lowest BCUT2D eigenvalue weighted by Crippen LogP contribution is -2.49. The molecule has 1 atom stereocenters. The summed E-state index contributed by atoms with van der Waals surface area (Å²) in [5.41, 5.74) is 1.97. The molecule has 5 nitrogen and oxygen atoms in total. The summed E-state index contributed by atoms with van der Waals surface area (Å²) >= 11 is 0. The molecule has 1 fully saturated rings. The standard InChI is InChI=1S/C17H26N2O3S/c1-3-4-7-14-9-11-15(12-10-14)18-17(20)16-8-5-6-13-19(16)23(2,21)22/h9-12,16H,3-8,13H2,1-2H3,(H,18,20)/t16-/m0/s1. The largest absolute Gasteiger partial charge is 0.325 e. The molecule has 1 amide bonds. The average molecular weight is 338 g/mol. The van der Waals surface area contributed by atoms with E-state index in [-0.39, 0.29) is 5.91 Å². The lowest BCUT2D eigenvalue weighted by molar-refractivity contribution is -0.120. The van der Waals surface area contributed by atoms with Crippen molar-refractivity contribution in [3.05, 3.63) is 29.8 Å². The van der Waals surface area contributed by atoms with Gasteiger partial charge in [-0.15, -0.1) is 0 Å². The first-order chi connectivity index (χ1) is 10.9. The Hall–Kier alpha value is -1.40. The number of sulfonamides is 1. The van der Waals surface area contributed by atoms with Crippen LogP contribution in [0, 0.1) is 0 Å². The summed E-state index contributed by atoms with van der Waals surface area (Å²) in [5, 5.41) is 2.85. The number of piperidine rings is 1. The molecule has 128 valence electrons. The third kappa shape index (κ3) is 5.04. The van der Waals surface area contributed by atoms with Gasteiger partial charge in [-0.05, 0) is 43.4 Å². The molecule has 0 unspecified atom stereocenters. The molecule has 0 saturated carbocycles. The summed E-state index contributed by atoms with van der Waals surface area (Å²) in [7, 11) is -3.36. The monoisotopic (exact) mass is 338 g/mol. The maximum Gasteiger partial charge on any atom is 0.242 e. The highest BCUT2D eigenvalue weighted by molar-refractivity contribution is 7.88. The number of carbonyl (C=O) groups is 1. The Balaban J connectivity index is 2.02. The number of carbonyl (C=O) groups excluding carboxylic acids is 1. The Bertz CT molecular complexity index is 626. The van der Waals surface area contributed by atoms with Crippen LogP contribution in [0.5, 0.6) is 0 Å². The van der Waals surface area contributed by atoms with Crippen LogP contribution < -0.4 is 5.32 Å². The van der Waals surface area contributed by atoms with Gasteiger partial charge in [0.2, 0.25) is 15.9 Å². The molecule has 1 aliphatic heterocycles. The molecule has 1 aromatic carbocycles. The number of aryl methyl sites for hydroxylation is 1. The number of anilines is 1. The number of hydrogen-bond acceptors (Lipinski definition) is 3. The Morgan fingerprint density at radius 3 is 2.57 bits per heavy atom. The number of benzene rings is 1. The molecule has 23 heavy (non-hydrogen) atoms. The SMILES string of the molecule is CCCCc1ccc(NC(=O)[C@@H]2CCCCN2S(C)(=O)=O)cc1. The molecule has 1 saturated heterocycles. The van der Waals surface area contributed by atoms with Gasteiger partial charge in [0.15, 0.2) is 0 Å². The molecule has 1 N–H and O–H groups in total. The van der Waals surface area contributed by atoms with Crippen LogP contribution in [0.3, 0.4) is 0 Å². The minimum atomic E-state index is -3.36. The van der Waals surface area contributed by atoms with E-state index < -0.39 is 16.1 Å². The van der Waals surface area contributed by atoms with Crippen LogP contribution >= 0.6 is 0 Å². The normalized spacial score (nSPS) is 19.5. The van der Waals surface area contributed by atoms with E-state index in [9.17, 15) is 13.2 Å². The van der Waals surface area contributed by atoms with E-state index in [0.29, 0.717) is 18.7 Å². The minimum absolute atomic E-state index is 0.239. The van der Waals surface area contributed by atoms with Gasteiger partial charge in [0.25, 0.3) is 0 Å². The van der Waals surface area contributed by atoms with Crippen LogP contribution in [0.4, 0.5) is 5.69 Å². The molecule has 0 radical (unpaired) electrons. The smallest absolute Gasteiger partial charge is 0.242 e. The van der Waals surface area contributed by atoms with Crippen molar-refractivity contribution in [3.8, 4) is 0 Å². The molecule has 0 spiro atoms. The molecular formula is C17H26N2O3S. The van der Waals surface area contributed by atoms with Gasteiger partial charge in [-0.25, -0.2) is 8.42 Å². The van der Waals surface area contributed by atoms with Crippen molar-refractivity contribution in [1.29, 1.82) is 0 Å². The molecule has 6 heteroatoms. The number of nitrogens with zero attached hydrogens (tertiary/aromatic N) is 1. The molecule has 1 aromatic rings. The number of unbranched alkanes of at least 4 members (excludes halogenated alkanes) is 1. The van der Waals surface area contributed by atoms with Crippen molar-refractivity contribution in [2.75, 3.05) is 18.1 Å². The first-order valence-corrected chi connectivity index (χ1v) is 10.1. The molecule has 1 aliphatic rings. The topological polar surface area (TPSA) is 66.5 Å². The van der Waals surface area contributed by atoms with Crippen LogP contribution in [-0.2, 0) is 21.2 Å². The molecule has 0 aliphatic carbocycles. The van der Waals surface area contributed by atoms with E-state index in [1.165, 1.54) is 16.1 Å². The van der Waals surface area contributed by atoms with Gasteiger partial charge in [0, 0.05) is 12.2 Å². The van der Waals surface area contributed by atoms with E-state index in [1.807, 2.05) is 24.3 Å². The first-order valence-electron chi connectivity index (χ1n) is 8.28. The van der Waals surface area contributed by atoms with Gasteiger partial charge in [-0.2, -0.15) is 4.31 Å². The van der Waals surface area contributed by atoms with E-state index in [1.54, 1.807) is 0 Å². The lowest BCUT2D eigenvalue weighted by Gasteiger charge is -2.32. The van der Waals surface area contributed by atoms with Crippen LogP contribution in [0.1, 0.15) is 44.6 Å². The summed E-state index contributed by atoms with van der Waals surface area (Å²) in [6, 6.07) is 7.20. The summed E-state index contributed by atoms with van der Waals surface area (Å²) in [4.78, 5) is 12.5. The van der Waals surface area contributed by atoms with Crippen LogP contribution in [-0.4, -0.2) is 37.5 Å². The van der Waals surface area contributed by atoms with Gasteiger partial charge in [0.1, 0.15) is 6.04 Å². The zero-order valence-electron chi connectivity index (χ0n) is 13.9. The van der Waals surface area contributed by atoms with Crippen molar-refractivity contribution in [1.82, 2.24) is 4.31 Å². The fraction of sp³-hybridized carbons (Fsp3) is 0.588. The van der Waals surface area contributed by atoms with Gasteiger partial charge in [-0.3, -0.25) is 4.79 Å². The van der Waals surface area contributed by atoms with Crippen molar-refractivity contribution in [2.45, 2.75) is 51.5 Å². The van der Waals surface area contributed by atoms with Crippen LogP contribution in [0.15, 0.2) is 24.3 Å². The Morgan fingerprint density at radius 1 is 1.26 bits per heavy atom. The van der Waals surface area contributed by atoms with Gasteiger partial charge in [-0.1, -0.05) is 31.9 Å². The van der Waals surface area contributed by atoms with E-state index in [0.717, 1.165) is 32.1 Å². The molecule has 2 rings (SSSR count). The third-order valence-electron chi connectivity index (χ3n) is 4.22. The fourth-order valence-corrected chi connectivity index (χ4v) is 4.05. The number of hydrogen-bond donors (Lipinski definition) is 1. The summed E-state index contributed by atoms with van der Waals surface area (Å²) < 4.78 is 25.0. The van der Waals surface area contributed by atoms with Gasteiger partial charge >= 0.3 is 0 Å². The molecular weight excluding hydrogens is 312 g/mol. The highest BCUT2D eigenvalue weighted by atomic mass is 32.2. The number of nitrogens with one attached hydrogen (secondary N) is 1. The molecule has 0 aromatic heterocycles. The maximum atomic E-state index is 12.5. The second-order valence-corrected chi connectivity index (χ2v) is 8.11. The predicted molar refractivity (Wildman–Crippen MR) is 92.9 cm³/mol. The van der Waals surface area contributed by atoms with E-state index >= 15 is 0 Å². The number of amides is 1. The summed E-state index contributed by atoms with van der Waals surface area (Å²) in [5.74, 6) is -0.239. The fourth-order valence-electron chi connectivity index (χ4n) is 2.93. The van der Waals surface area contributed by atoms with E-state index in [2.05, 4.69) is 12.2 Å². The highest BCUT2D eigenvalue weighted by Gasteiger charge is 2.34. The van der Waals surface area contributed by atoms with Crippen molar-refractivity contribution in [2.24, 2.45) is 0 Å². The Labute approximate surface area is 139 Å². The Morgan fingerprint density at radius 2 is 1.96 bits per heavy atom. The van der Waals surface area contributed by atoms with Crippen molar-refractivity contribution in [3.63, 3.8) is 0 Å². The summed E-state index contributed by atoms with van der Waals surface area (Å²) in [6.45, 7) is 2.58. The van der Waals surface area contributed by atoms with Crippen LogP contribution in [0.2, 0.25) is 0 Å². The van der Waals surface area contributed by atoms with Crippen LogP contribution in [0.25, 0.3) is 0 Å². The highest BCUT2D eigenvalue weighted by Crippen LogP contribution is 2.21. The quantitative estimate of drug-likeness (QED) is 0.867. The second-order valence-electron chi connectivity index (χ2n) is 6.18. The zero-order chi connectivity index (χ0) is 16.9. The predicted octanol–water partition coefficient (Wildman–Crippen LogP) is 2.78. The first kappa shape index (κ1) is 17.9. The summed E-state index contributed by atoms with van der Waals surface area (Å²) in [6.07, 6.45) is 6.77. The van der Waals surface area contributed by atoms with E-state index in [4.69, 9.17) is 0 Å². The number of rotatable bonds is 6. The lowest BCUT2D eigenvalue weighted by atomic mass is 10.0. The average Bonchev–Trinajstić information content (AvgIpc) is 2.53. The van der Waals surface area contributed by atoms with Crippen molar-refractivity contribution >= 4 is 21.6 Å².